The van der Waals surface area contributed by atoms with Gasteiger partial charge in [0.15, 0.2) is 0 Å². The number of carbonyl (C=O) groups is 3. The molecule has 0 aliphatic rings. The van der Waals surface area contributed by atoms with E-state index in [1.807, 2.05) is 37.3 Å². The first-order valence-corrected chi connectivity index (χ1v) is 12.8. The quantitative estimate of drug-likeness (QED) is 0.396. The number of halogens is 2. The summed E-state index contributed by atoms with van der Waals surface area (Å²) in [6.07, 6.45) is 5.46. The molecule has 2 aromatic rings. The van der Waals surface area contributed by atoms with E-state index in [4.69, 9.17) is 16.3 Å². The van der Waals surface area contributed by atoms with Crippen molar-refractivity contribution in [3.05, 3.63) is 81.6 Å². The van der Waals surface area contributed by atoms with Gasteiger partial charge in [-0.2, -0.15) is 0 Å². The van der Waals surface area contributed by atoms with Crippen molar-refractivity contribution in [3.63, 3.8) is 0 Å². The summed E-state index contributed by atoms with van der Waals surface area (Å²) >= 11 is 5.99. The van der Waals surface area contributed by atoms with E-state index in [0.29, 0.717) is 30.5 Å². The van der Waals surface area contributed by atoms with Crippen LogP contribution in [0.25, 0.3) is 12.2 Å². The predicted molar refractivity (Wildman–Crippen MR) is 148 cm³/mol. The summed E-state index contributed by atoms with van der Waals surface area (Å²) in [6.45, 7) is 5.92. The molecular formula is C29H35ClFN3O4. The van der Waals surface area contributed by atoms with Gasteiger partial charge in [0.05, 0.1) is 12.1 Å². The second kappa shape index (κ2) is 15.6. The Labute approximate surface area is 228 Å². The topological polar surface area (TPSA) is 87.7 Å². The maximum atomic E-state index is 13.7. The second-order valence-corrected chi connectivity index (χ2v) is 9.16. The first-order valence-electron chi connectivity index (χ1n) is 12.4. The largest absolute Gasteiger partial charge is 0.469 e. The normalized spacial score (nSPS) is 12.6. The molecule has 0 heterocycles. The summed E-state index contributed by atoms with van der Waals surface area (Å²) in [6, 6.07) is 11.4. The minimum absolute atomic E-state index is 0.0431. The predicted octanol–water partition coefficient (Wildman–Crippen LogP) is 4.02. The Bertz CT molecular complexity index is 1260. The van der Waals surface area contributed by atoms with E-state index in [2.05, 4.69) is 17.2 Å². The average molecular weight is 544 g/mol. The van der Waals surface area contributed by atoms with Crippen molar-refractivity contribution in [2.75, 3.05) is 14.2 Å². The Morgan fingerprint density at radius 2 is 1.82 bits per heavy atom. The van der Waals surface area contributed by atoms with Crippen LogP contribution in [0.1, 0.15) is 44.6 Å². The van der Waals surface area contributed by atoms with Crippen molar-refractivity contribution < 1.29 is 23.5 Å². The standard InChI is InChI=1S/C29H35ClFN3O4/c1-5-21-10-6-7-11-22(21)18-20(2)33-26(35)17-16-24(13-9-15-27(36)38-4)34(3)29(37)32-19-23-12-8-14-25(31)28(23)30/h5-8,10-12,14,18,24H,2,9,13,15-17,19H2,1,3-4H3,(H,32,37)(H,33,35)/b21-5-,22-18-. The number of carbonyl (C=O) groups excluding carboxylic acids is 3. The Hall–Kier alpha value is -3.65. The zero-order chi connectivity index (χ0) is 28.1. The zero-order valence-corrected chi connectivity index (χ0v) is 22.8. The molecule has 0 aromatic heterocycles. The number of hydrogen-bond donors (Lipinski definition) is 2. The fraction of sp³-hybridized carbons (Fsp3) is 0.345. The molecule has 3 amide bonds. The molecular weight excluding hydrogens is 509 g/mol. The van der Waals surface area contributed by atoms with E-state index in [0.717, 1.165) is 10.4 Å². The molecule has 0 saturated heterocycles. The van der Waals surface area contributed by atoms with E-state index in [-0.39, 0.29) is 42.3 Å². The molecule has 2 rings (SSSR count). The highest BCUT2D eigenvalue weighted by atomic mass is 35.5. The molecule has 7 nitrogen and oxygen atoms in total. The lowest BCUT2D eigenvalue weighted by Crippen LogP contribution is -2.44. The molecule has 0 aliphatic carbocycles. The molecule has 9 heteroatoms. The highest BCUT2D eigenvalue weighted by Crippen LogP contribution is 2.20. The van der Waals surface area contributed by atoms with Crippen LogP contribution < -0.4 is 21.1 Å². The second-order valence-electron chi connectivity index (χ2n) is 8.78. The molecule has 1 atom stereocenters. The first-order chi connectivity index (χ1) is 18.2. The van der Waals surface area contributed by atoms with Gasteiger partial charge in [-0.25, -0.2) is 9.18 Å². The lowest BCUT2D eigenvalue weighted by Gasteiger charge is -2.28. The van der Waals surface area contributed by atoms with E-state index in [1.165, 1.54) is 24.1 Å². The molecule has 38 heavy (non-hydrogen) atoms. The molecule has 0 spiro atoms. The van der Waals surface area contributed by atoms with Gasteiger partial charge in [-0.1, -0.05) is 60.7 Å². The highest BCUT2D eigenvalue weighted by Gasteiger charge is 2.21. The molecule has 0 bridgehead atoms. The monoisotopic (exact) mass is 543 g/mol. The number of rotatable bonds is 12. The van der Waals surface area contributed by atoms with Crippen LogP contribution in [-0.2, 0) is 20.9 Å². The van der Waals surface area contributed by atoms with Crippen LogP contribution in [0.5, 0.6) is 0 Å². The van der Waals surface area contributed by atoms with Crippen LogP contribution in [0.3, 0.4) is 0 Å². The van der Waals surface area contributed by atoms with Crippen LogP contribution in [0, 0.1) is 5.82 Å². The zero-order valence-electron chi connectivity index (χ0n) is 22.1. The fourth-order valence-corrected chi connectivity index (χ4v) is 4.12. The fourth-order valence-electron chi connectivity index (χ4n) is 3.93. The summed E-state index contributed by atoms with van der Waals surface area (Å²) < 4.78 is 18.4. The van der Waals surface area contributed by atoms with E-state index in [9.17, 15) is 18.8 Å². The molecule has 0 fully saturated rings. The van der Waals surface area contributed by atoms with Crippen LogP contribution in [-0.4, -0.2) is 43.0 Å². The lowest BCUT2D eigenvalue weighted by atomic mass is 10.0. The summed E-state index contributed by atoms with van der Waals surface area (Å²) in [7, 11) is 2.94. The van der Waals surface area contributed by atoms with Gasteiger partial charge in [0.1, 0.15) is 5.82 Å². The van der Waals surface area contributed by atoms with Crippen LogP contribution in [0.2, 0.25) is 5.02 Å². The third-order valence-corrected chi connectivity index (χ3v) is 6.54. The highest BCUT2D eigenvalue weighted by molar-refractivity contribution is 6.31. The van der Waals surface area contributed by atoms with Gasteiger partial charge < -0.3 is 20.3 Å². The van der Waals surface area contributed by atoms with E-state index < -0.39 is 11.8 Å². The molecule has 0 radical (unpaired) electrons. The summed E-state index contributed by atoms with van der Waals surface area (Å²) in [5, 5.41) is 7.46. The lowest BCUT2D eigenvalue weighted by molar-refractivity contribution is -0.140. The van der Waals surface area contributed by atoms with Gasteiger partial charge >= 0.3 is 12.0 Å². The van der Waals surface area contributed by atoms with Crippen LogP contribution in [0.15, 0.2) is 54.7 Å². The smallest absolute Gasteiger partial charge is 0.317 e. The van der Waals surface area contributed by atoms with E-state index in [1.54, 1.807) is 19.2 Å². The molecule has 1 unspecified atom stereocenters. The Morgan fingerprint density at radius 1 is 1.11 bits per heavy atom. The van der Waals surface area contributed by atoms with Gasteiger partial charge in [0.25, 0.3) is 0 Å². The van der Waals surface area contributed by atoms with Gasteiger partial charge in [-0.05, 0) is 54.3 Å². The number of nitrogens with zero attached hydrogens (tertiary/aromatic N) is 1. The van der Waals surface area contributed by atoms with Crippen molar-refractivity contribution in [2.24, 2.45) is 0 Å². The molecule has 0 aliphatic heterocycles. The number of urea groups is 1. The number of allylic oxidation sites excluding steroid dienone is 1. The van der Waals surface area contributed by atoms with Crippen molar-refractivity contribution in [1.82, 2.24) is 15.5 Å². The van der Waals surface area contributed by atoms with Gasteiger partial charge in [0, 0.05) is 38.2 Å². The number of nitrogens with one attached hydrogen (secondary N) is 2. The van der Waals surface area contributed by atoms with Gasteiger partial charge in [0.2, 0.25) is 5.91 Å². The van der Waals surface area contributed by atoms with Crippen LogP contribution >= 0.6 is 11.6 Å². The number of amides is 3. The third-order valence-electron chi connectivity index (χ3n) is 6.12. The Balaban J connectivity index is 2.01. The average Bonchev–Trinajstić information content (AvgIpc) is 2.90. The van der Waals surface area contributed by atoms with E-state index >= 15 is 0 Å². The number of benzene rings is 2. The summed E-state index contributed by atoms with van der Waals surface area (Å²) in [5.74, 6) is -1.14. The first kappa shape index (κ1) is 30.6. The number of methoxy groups -OCH3 is 1. The summed E-state index contributed by atoms with van der Waals surface area (Å²) in [5.41, 5.74) is 0.914. The number of esters is 1. The van der Waals surface area contributed by atoms with Crippen LogP contribution in [0.4, 0.5) is 9.18 Å². The number of ether oxygens (including phenoxy) is 1. The maximum absolute atomic E-state index is 13.7. The molecule has 204 valence electrons. The Kier molecular flexibility index (Phi) is 12.5. The van der Waals surface area contributed by atoms with Crippen molar-refractivity contribution >= 4 is 41.7 Å². The molecule has 2 N–H and O–H groups in total. The number of hydrogen-bond acceptors (Lipinski definition) is 4. The maximum Gasteiger partial charge on any atom is 0.317 e. The van der Waals surface area contributed by atoms with Crippen molar-refractivity contribution in [3.8, 4) is 0 Å². The van der Waals surface area contributed by atoms with Crippen molar-refractivity contribution in [1.29, 1.82) is 0 Å². The van der Waals surface area contributed by atoms with Gasteiger partial charge in [-0.3, -0.25) is 9.59 Å². The SMILES string of the molecule is C=C(/C=c1/cccc/c1=C/C)NC(=O)CCC(CCCC(=O)OC)N(C)C(=O)NCc1cccc(F)c1Cl. The molecule has 0 saturated carbocycles. The Morgan fingerprint density at radius 3 is 2.50 bits per heavy atom. The third kappa shape index (κ3) is 9.67. The minimum atomic E-state index is -0.561. The van der Waals surface area contributed by atoms with Crippen molar-refractivity contribution in [2.45, 2.75) is 51.6 Å². The summed E-state index contributed by atoms with van der Waals surface area (Å²) in [4.78, 5) is 38.6. The molecule has 2 aromatic carbocycles. The minimum Gasteiger partial charge on any atom is -0.469 e. The van der Waals surface area contributed by atoms with Gasteiger partial charge in [-0.15, -0.1) is 0 Å².